The third-order valence-corrected chi connectivity index (χ3v) is 2.61. The number of rotatable bonds is 9. The number of nitrogens with one attached hydrogen (secondary N) is 1. The van der Waals surface area contributed by atoms with Crippen molar-refractivity contribution in [3.63, 3.8) is 0 Å². The summed E-state index contributed by atoms with van der Waals surface area (Å²) in [5.41, 5.74) is 5.40. The molecule has 5 nitrogen and oxygen atoms in total. The molecule has 0 radical (unpaired) electrons. The van der Waals surface area contributed by atoms with Gasteiger partial charge in [-0.2, -0.15) is 0 Å². The van der Waals surface area contributed by atoms with Gasteiger partial charge in [-0.3, -0.25) is 4.79 Å². The standard InChI is InChI=1S/C12H22N4O.2ClH/c13-6-4-2-1-3-5-12(17)15-8-10-16-9-7-14-11-16;;/h7,9,11H,1-6,8,10,13H2,(H,15,17);2*1H. The molecule has 19 heavy (non-hydrogen) atoms. The van der Waals surface area contributed by atoms with Crippen LogP contribution in [0.25, 0.3) is 0 Å². The van der Waals surface area contributed by atoms with Crippen LogP contribution in [0.2, 0.25) is 0 Å². The molecule has 0 unspecified atom stereocenters. The van der Waals surface area contributed by atoms with E-state index in [0.717, 1.165) is 38.8 Å². The number of hydrogen-bond donors (Lipinski definition) is 2. The Hall–Kier alpha value is -0.780. The van der Waals surface area contributed by atoms with Crippen LogP contribution in [-0.2, 0) is 11.3 Å². The Morgan fingerprint density at radius 1 is 1.21 bits per heavy atom. The maximum atomic E-state index is 11.4. The van der Waals surface area contributed by atoms with E-state index in [4.69, 9.17) is 5.73 Å². The second kappa shape index (κ2) is 13.6. The predicted molar refractivity (Wildman–Crippen MR) is 81.9 cm³/mol. The topological polar surface area (TPSA) is 72.9 Å². The van der Waals surface area contributed by atoms with Gasteiger partial charge in [-0.05, 0) is 19.4 Å². The van der Waals surface area contributed by atoms with Crippen molar-refractivity contribution in [1.29, 1.82) is 0 Å². The zero-order valence-electron chi connectivity index (χ0n) is 11.1. The van der Waals surface area contributed by atoms with E-state index >= 15 is 0 Å². The zero-order valence-corrected chi connectivity index (χ0v) is 12.7. The number of hydrogen-bond acceptors (Lipinski definition) is 3. The fourth-order valence-electron chi connectivity index (χ4n) is 1.62. The molecule has 1 amide bonds. The van der Waals surface area contributed by atoms with Crippen LogP contribution in [0.15, 0.2) is 18.7 Å². The summed E-state index contributed by atoms with van der Waals surface area (Å²) >= 11 is 0. The normalized spacial score (nSPS) is 9.32. The number of imidazole rings is 1. The van der Waals surface area contributed by atoms with E-state index < -0.39 is 0 Å². The van der Waals surface area contributed by atoms with Crippen LogP contribution in [0.1, 0.15) is 32.1 Å². The van der Waals surface area contributed by atoms with Gasteiger partial charge in [-0.25, -0.2) is 4.98 Å². The van der Waals surface area contributed by atoms with Crippen molar-refractivity contribution in [3.05, 3.63) is 18.7 Å². The van der Waals surface area contributed by atoms with Crippen molar-refractivity contribution in [3.8, 4) is 0 Å². The first kappa shape index (κ1) is 20.5. The van der Waals surface area contributed by atoms with Gasteiger partial charge in [0.1, 0.15) is 0 Å². The van der Waals surface area contributed by atoms with Crippen LogP contribution in [0, 0.1) is 0 Å². The molecule has 0 spiro atoms. The molecule has 0 atom stereocenters. The van der Waals surface area contributed by atoms with Crippen LogP contribution in [0.3, 0.4) is 0 Å². The summed E-state index contributed by atoms with van der Waals surface area (Å²) in [6.45, 7) is 2.19. The van der Waals surface area contributed by atoms with E-state index in [2.05, 4.69) is 10.3 Å². The fraction of sp³-hybridized carbons (Fsp3) is 0.667. The lowest BCUT2D eigenvalue weighted by Gasteiger charge is -2.05. The van der Waals surface area contributed by atoms with Crippen LogP contribution in [-0.4, -0.2) is 28.5 Å². The van der Waals surface area contributed by atoms with Gasteiger partial charge in [-0.15, -0.1) is 24.8 Å². The highest BCUT2D eigenvalue weighted by atomic mass is 35.5. The average Bonchev–Trinajstić information content (AvgIpc) is 2.82. The van der Waals surface area contributed by atoms with Gasteiger partial charge in [0, 0.05) is 31.9 Å². The Labute approximate surface area is 127 Å². The minimum atomic E-state index is 0. The molecule has 0 aliphatic carbocycles. The summed E-state index contributed by atoms with van der Waals surface area (Å²) in [4.78, 5) is 15.4. The summed E-state index contributed by atoms with van der Waals surface area (Å²) in [6, 6.07) is 0. The number of halogens is 2. The number of carbonyl (C=O) groups is 1. The van der Waals surface area contributed by atoms with Crippen molar-refractivity contribution in [2.45, 2.75) is 38.6 Å². The number of carbonyl (C=O) groups excluding carboxylic acids is 1. The first-order valence-corrected chi connectivity index (χ1v) is 6.25. The first-order chi connectivity index (χ1) is 8.33. The third kappa shape index (κ3) is 10.8. The first-order valence-electron chi connectivity index (χ1n) is 6.25. The Balaban J connectivity index is 0. The van der Waals surface area contributed by atoms with Crippen molar-refractivity contribution in [2.75, 3.05) is 13.1 Å². The minimum Gasteiger partial charge on any atom is -0.354 e. The highest BCUT2D eigenvalue weighted by molar-refractivity contribution is 5.85. The highest BCUT2D eigenvalue weighted by Gasteiger charge is 2.00. The van der Waals surface area contributed by atoms with Gasteiger partial charge in [0.2, 0.25) is 5.91 Å². The Morgan fingerprint density at radius 3 is 2.58 bits per heavy atom. The van der Waals surface area contributed by atoms with Crippen LogP contribution in [0.5, 0.6) is 0 Å². The summed E-state index contributed by atoms with van der Waals surface area (Å²) in [5.74, 6) is 0.137. The molecule has 7 heteroatoms. The maximum Gasteiger partial charge on any atom is 0.220 e. The Morgan fingerprint density at radius 2 is 1.95 bits per heavy atom. The molecular weight excluding hydrogens is 287 g/mol. The third-order valence-electron chi connectivity index (χ3n) is 2.61. The number of aromatic nitrogens is 2. The maximum absolute atomic E-state index is 11.4. The monoisotopic (exact) mass is 310 g/mol. The van der Waals surface area contributed by atoms with Crippen molar-refractivity contribution in [2.24, 2.45) is 5.73 Å². The van der Waals surface area contributed by atoms with Gasteiger partial charge >= 0.3 is 0 Å². The van der Waals surface area contributed by atoms with E-state index in [0.29, 0.717) is 13.0 Å². The lowest BCUT2D eigenvalue weighted by atomic mass is 10.1. The van der Waals surface area contributed by atoms with Gasteiger partial charge in [-0.1, -0.05) is 12.8 Å². The van der Waals surface area contributed by atoms with E-state index in [1.165, 1.54) is 0 Å². The molecule has 1 rings (SSSR count). The number of nitrogens with two attached hydrogens (primary N) is 1. The predicted octanol–water partition coefficient (Wildman–Crippen LogP) is 1.75. The molecule has 0 aliphatic heterocycles. The van der Waals surface area contributed by atoms with E-state index in [-0.39, 0.29) is 30.7 Å². The van der Waals surface area contributed by atoms with Gasteiger partial charge < -0.3 is 15.6 Å². The van der Waals surface area contributed by atoms with E-state index in [9.17, 15) is 4.79 Å². The van der Waals surface area contributed by atoms with Crippen molar-refractivity contribution < 1.29 is 4.79 Å². The minimum absolute atomic E-state index is 0. The Kier molecular flexibility index (Phi) is 14.8. The molecule has 1 aromatic heterocycles. The molecule has 1 heterocycles. The second-order valence-electron chi connectivity index (χ2n) is 4.10. The van der Waals surface area contributed by atoms with Crippen molar-refractivity contribution in [1.82, 2.24) is 14.9 Å². The summed E-state index contributed by atoms with van der Waals surface area (Å²) in [5, 5.41) is 2.90. The van der Waals surface area contributed by atoms with Crippen molar-refractivity contribution >= 4 is 30.7 Å². The smallest absolute Gasteiger partial charge is 0.220 e. The molecule has 3 N–H and O–H groups in total. The lowest BCUT2D eigenvalue weighted by molar-refractivity contribution is -0.121. The molecule has 0 fully saturated rings. The molecule has 0 bridgehead atoms. The highest BCUT2D eigenvalue weighted by Crippen LogP contribution is 2.01. The summed E-state index contributed by atoms with van der Waals surface area (Å²) in [7, 11) is 0. The zero-order chi connectivity index (χ0) is 12.3. The number of amides is 1. The average molecular weight is 311 g/mol. The number of nitrogens with zero attached hydrogens (tertiary/aromatic N) is 2. The SMILES string of the molecule is Cl.Cl.NCCCCCCC(=O)NCCn1ccnc1. The molecule has 0 aromatic carbocycles. The van der Waals surface area contributed by atoms with E-state index in [1.54, 1.807) is 12.5 Å². The van der Waals surface area contributed by atoms with Crippen LogP contribution in [0.4, 0.5) is 0 Å². The van der Waals surface area contributed by atoms with Gasteiger partial charge in [0.25, 0.3) is 0 Å². The summed E-state index contributed by atoms with van der Waals surface area (Å²) < 4.78 is 1.95. The van der Waals surface area contributed by atoms with Gasteiger partial charge in [0.15, 0.2) is 0 Å². The molecule has 0 saturated heterocycles. The quantitative estimate of drug-likeness (QED) is 0.683. The van der Waals surface area contributed by atoms with E-state index in [1.807, 2.05) is 10.8 Å². The molecule has 0 saturated carbocycles. The molecular formula is C12H24Cl2N4O. The Bertz CT molecular complexity index is 307. The van der Waals surface area contributed by atoms with Gasteiger partial charge in [0.05, 0.1) is 6.33 Å². The van der Waals surface area contributed by atoms with Crippen LogP contribution < -0.4 is 11.1 Å². The second-order valence-corrected chi connectivity index (χ2v) is 4.10. The molecule has 112 valence electrons. The number of unbranched alkanes of at least 4 members (excludes halogenated alkanes) is 3. The molecule has 0 aliphatic rings. The largest absolute Gasteiger partial charge is 0.354 e. The lowest BCUT2D eigenvalue weighted by Crippen LogP contribution is -2.26. The fourth-order valence-corrected chi connectivity index (χ4v) is 1.62. The molecule has 1 aromatic rings. The summed E-state index contributed by atoms with van der Waals surface area (Å²) in [6.07, 6.45) is 10.2. The van der Waals surface area contributed by atoms with Crippen LogP contribution >= 0.6 is 24.8 Å².